The summed E-state index contributed by atoms with van der Waals surface area (Å²) in [6.45, 7) is 3.18. The highest BCUT2D eigenvalue weighted by atomic mass is 35.5. The topological polar surface area (TPSA) is 96.3 Å². The average Bonchev–Trinajstić information content (AvgIpc) is 3.40. The van der Waals surface area contributed by atoms with Crippen LogP contribution in [0.3, 0.4) is 0 Å². The van der Waals surface area contributed by atoms with Crippen LogP contribution in [0.25, 0.3) is 5.69 Å². The summed E-state index contributed by atoms with van der Waals surface area (Å²) in [6, 6.07) is 8.20. The van der Waals surface area contributed by atoms with Gasteiger partial charge in [0.15, 0.2) is 0 Å². The van der Waals surface area contributed by atoms with Gasteiger partial charge in [0.25, 0.3) is 5.91 Å². The van der Waals surface area contributed by atoms with Gasteiger partial charge in [-0.3, -0.25) is 14.5 Å². The largest absolute Gasteiger partial charge is 0.325 e. The minimum absolute atomic E-state index is 0.144. The van der Waals surface area contributed by atoms with Crippen LogP contribution in [-0.2, 0) is 9.59 Å². The Bertz CT molecular complexity index is 966. The molecule has 28 heavy (non-hydrogen) atoms. The molecule has 4 rings (SSSR count). The molecule has 9 heteroatoms. The number of halogens is 1. The quantitative estimate of drug-likeness (QED) is 0.752. The van der Waals surface area contributed by atoms with E-state index in [1.807, 2.05) is 0 Å². The number of hydrogen-bond donors (Lipinski definition) is 2. The Labute approximate surface area is 166 Å². The molecule has 1 unspecified atom stereocenters. The summed E-state index contributed by atoms with van der Waals surface area (Å²) in [5, 5.41) is 10.4. The third kappa shape index (κ3) is 3.24. The maximum absolute atomic E-state index is 12.7. The highest BCUT2D eigenvalue weighted by Crippen LogP contribution is 2.42. The van der Waals surface area contributed by atoms with Crippen LogP contribution in [0.4, 0.5) is 10.6 Å². The Hall–Kier alpha value is -2.87. The lowest BCUT2D eigenvalue weighted by Crippen LogP contribution is -2.46. The lowest BCUT2D eigenvalue weighted by atomic mass is 9.96. The standard InChI is InChI=1S/C19H20ClN5O3/c1-11-9-15(25(23-11)14-7-5-13(20)6-8-14)21-16(26)10-24-17(27)19(2,12-3-4-12)22-18(24)28/h5-9,12H,3-4,10H2,1-2H3,(H,21,26)(H,22,28). The first-order chi connectivity index (χ1) is 13.3. The Balaban J connectivity index is 1.50. The molecule has 1 aromatic heterocycles. The summed E-state index contributed by atoms with van der Waals surface area (Å²) in [5.41, 5.74) is 0.532. The number of anilines is 1. The third-order valence-electron chi connectivity index (χ3n) is 5.17. The predicted octanol–water partition coefficient (Wildman–Crippen LogP) is 2.49. The second-order valence-electron chi connectivity index (χ2n) is 7.41. The van der Waals surface area contributed by atoms with E-state index in [0.717, 1.165) is 23.4 Å². The van der Waals surface area contributed by atoms with Gasteiger partial charge in [-0.15, -0.1) is 0 Å². The third-order valence-corrected chi connectivity index (χ3v) is 5.42. The number of benzene rings is 1. The maximum atomic E-state index is 12.7. The van der Waals surface area contributed by atoms with Gasteiger partial charge in [-0.2, -0.15) is 5.10 Å². The van der Waals surface area contributed by atoms with Crippen LogP contribution in [0.15, 0.2) is 30.3 Å². The van der Waals surface area contributed by atoms with E-state index in [-0.39, 0.29) is 18.4 Å². The number of carbonyl (C=O) groups is 3. The Kier molecular flexibility index (Phi) is 4.38. The van der Waals surface area contributed by atoms with Crippen molar-refractivity contribution in [3.05, 3.63) is 41.0 Å². The smallest absolute Gasteiger partial charge is 0.323 e. The summed E-state index contributed by atoms with van der Waals surface area (Å²) >= 11 is 5.93. The molecule has 2 N–H and O–H groups in total. The van der Waals surface area contributed by atoms with E-state index in [1.165, 1.54) is 0 Å². The van der Waals surface area contributed by atoms with Crippen molar-refractivity contribution in [1.29, 1.82) is 0 Å². The molecule has 1 atom stereocenters. The van der Waals surface area contributed by atoms with Crippen molar-refractivity contribution in [3.63, 3.8) is 0 Å². The summed E-state index contributed by atoms with van der Waals surface area (Å²) in [5.74, 6) is -0.232. The van der Waals surface area contributed by atoms with Crippen molar-refractivity contribution in [1.82, 2.24) is 20.0 Å². The van der Waals surface area contributed by atoms with E-state index in [9.17, 15) is 14.4 Å². The second-order valence-corrected chi connectivity index (χ2v) is 7.84. The van der Waals surface area contributed by atoms with Gasteiger partial charge in [-0.1, -0.05) is 11.6 Å². The minimum atomic E-state index is -0.904. The summed E-state index contributed by atoms with van der Waals surface area (Å²) in [4.78, 5) is 38.4. The molecule has 1 aliphatic heterocycles. The van der Waals surface area contributed by atoms with Gasteiger partial charge in [0.05, 0.1) is 11.4 Å². The number of nitrogens with one attached hydrogen (secondary N) is 2. The molecule has 1 aromatic carbocycles. The molecule has 2 fully saturated rings. The van der Waals surface area contributed by atoms with Crippen molar-refractivity contribution >= 4 is 35.3 Å². The molecule has 0 radical (unpaired) electrons. The SMILES string of the molecule is Cc1cc(NC(=O)CN2C(=O)NC(C)(C3CC3)C2=O)n(-c2ccc(Cl)cc2)n1. The van der Waals surface area contributed by atoms with Gasteiger partial charge in [0.2, 0.25) is 5.91 Å². The van der Waals surface area contributed by atoms with Crippen molar-refractivity contribution in [2.45, 2.75) is 32.2 Å². The van der Waals surface area contributed by atoms with Gasteiger partial charge in [0, 0.05) is 11.1 Å². The van der Waals surface area contributed by atoms with Crippen LogP contribution < -0.4 is 10.6 Å². The molecule has 2 aromatic rings. The fourth-order valence-electron chi connectivity index (χ4n) is 3.49. The van der Waals surface area contributed by atoms with Crippen molar-refractivity contribution < 1.29 is 14.4 Å². The molecule has 1 saturated carbocycles. The van der Waals surface area contributed by atoms with Gasteiger partial charge >= 0.3 is 6.03 Å². The zero-order valence-electron chi connectivity index (χ0n) is 15.5. The molecule has 2 heterocycles. The van der Waals surface area contributed by atoms with E-state index in [4.69, 9.17) is 11.6 Å². The van der Waals surface area contributed by atoms with Crippen molar-refractivity contribution in [2.24, 2.45) is 5.92 Å². The molecule has 1 saturated heterocycles. The highest BCUT2D eigenvalue weighted by molar-refractivity contribution is 6.30. The summed E-state index contributed by atoms with van der Waals surface area (Å²) in [6.07, 6.45) is 1.81. The van der Waals surface area contributed by atoms with E-state index >= 15 is 0 Å². The number of imide groups is 1. The van der Waals surface area contributed by atoms with E-state index < -0.39 is 17.5 Å². The normalized spacial score (nSPS) is 21.8. The van der Waals surface area contributed by atoms with Crippen LogP contribution in [0, 0.1) is 12.8 Å². The highest BCUT2D eigenvalue weighted by Gasteiger charge is 2.56. The van der Waals surface area contributed by atoms with E-state index in [2.05, 4.69) is 15.7 Å². The zero-order valence-corrected chi connectivity index (χ0v) is 16.3. The first-order valence-electron chi connectivity index (χ1n) is 9.04. The van der Waals surface area contributed by atoms with E-state index in [0.29, 0.717) is 16.5 Å². The monoisotopic (exact) mass is 401 g/mol. The van der Waals surface area contributed by atoms with E-state index in [1.54, 1.807) is 48.9 Å². The van der Waals surface area contributed by atoms with Crippen molar-refractivity contribution in [2.75, 3.05) is 11.9 Å². The first-order valence-corrected chi connectivity index (χ1v) is 9.42. The minimum Gasteiger partial charge on any atom is -0.323 e. The van der Waals surface area contributed by atoms with Gasteiger partial charge in [-0.05, 0) is 56.9 Å². The summed E-state index contributed by atoms with van der Waals surface area (Å²) in [7, 11) is 0. The van der Waals surface area contributed by atoms with Crippen LogP contribution in [0.5, 0.6) is 0 Å². The number of nitrogens with zero attached hydrogens (tertiary/aromatic N) is 3. The van der Waals surface area contributed by atoms with Crippen LogP contribution in [0.2, 0.25) is 5.02 Å². The number of aryl methyl sites for hydroxylation is 1. The molecule has 0 bridgehead atoms. The van der Waals surface area contributed by atoms with Crippen LogP contribution in [0.1, 0.15) is 25.5 Å². The molecule has 146 valence electrons. The Morgan fingerprint density at radius 3 is 2.64 bits per heavy atom. The average molecular weight is 402 g/mol. The molecular weight excluding hydrogens is 382 g/mol. The maximum Gasteiger partial charge on any atom is 0.325 e. The Morgan fingerprint density at radius 2 is 2.00 bits per heavy atom. The lowest BCUT2D eigenvalue weighted by molar-refractivity contribution is -0.134. The van der Waals surface area contributed by atoms with Gasteiger partial charge in [-0.25, -0.2) is 9.48 Å². The zero-order chi connectivity index (χ0) is 20.1. The van der Waals surface area contributed by atoms with Crippen LogP contribution >= 0.6 is 11.6 Å². The Morgan fingerprint density at radius 1 is 1.32 bits per heavy atom. The molecule has 0 spiro atoms. The molecule has 1 aliphatic carbocycles. The number of hydrogen-bond acceptors (Lipinski definition) is 4. The number of aromatic nitrogens is 2. The number of rotatable bonds is 5. The van der Waals surface area contributed by atoms with Gasteiger partial charge in [0.1, 0.15) is 17.9 Å². The summed E-state index contributed by atoms with van der Waals surface area (Å²) < 4.78 is 1.57. The number of carbonyl (C=O) groups excluding carboxylic acids is 3. The number of amides is 4. The van der Waals surface area contributed by atoms with Crippen LogP contribution in [-0.4, -0.2) is 44.6 Å². The molecule has 8 nitrogen and oxygen atoms in total. The fourth-order valence-corrected chi connectivity index (χ4v) is 3.62. The molecule has 2 aliphatic rings. The molecule has 4 amide bonds. The van der Waals surface area contributed by atoms with Gasteiger partial charge < -0.3 is 10.6 Å². The predicted molar refractivity (Wildman–Crippen MR) is 103 cm³/mol. The second kappa shape index (κ2) is 6.63. The lowest BCUT2D eigenvalue weighted by Gasteiger charge is -2.20. The first kappa shape index (κ1) is 18.5. The number of urea groups is 1. The van der Waals surface area contributed by atoms with Crippen molar-refractivity contribution in [3.8, 4) is 5.69 Å². The fraction of sp³-hybridized carbons (Fsp3) is 0.368. The molecular formula is C19H20ClN5O3.